The molecule has 1 aromatic carbocycles. The first-order chi connectivity index (χ1) is 14.9. The van der Waals surface area contributed by atoms with E-state index >= 15 is 0 Å². The van der Waals surface area contributed by atoms with Crippen LogP contribution in [0.2, 0.25) is 0 Å². The van der Waals surface area contributed by atoms with Crippen molar-refractivity contribution in [2.24, 2.45) is 0 Å². The molecule has 1 atom stereocenters. The van der Waals surface area contributed by atoms with Crippen molar-refractivity contribution < 1.29 is 19.1 Å². The molecule has 3 aromatic rings. The van der Waals surface area contributed by atoms with Crippen LogP contribution in [0.5, 0.6) is 5.75 Å². The molecule has 0 saturated heterocycles. The lowest BCUT2D eigenvalue weighted by atomic mass is 10.1. The zero-order valence-electron chi connectivity index (χ0n) is 17.5. The maximum Gasteiger partial charge on any atom is 0.316 e. The summed E-state index contributed by atoms with van der Waals surface area (Å²) in [6.45, 7) is 3.88. The number of carbonyl (C=O) groups is 2. The number of rotatable bonds is 9. The quantitative estimate of drug-likeness (QED) is 0.377. The van der Waals surface area contributed by atoms with Gasteiger partial charge in [0.15, 0.2) is 5.13 Å². The number of carbonyl (C=O) groups excluding carboxylic acids is 2. The minimum atomic E-state index is -0.393. The molecular weight excluding hydrogens is 434 g/mol. The number of nitrogens with zero attached hydrogens (tertiary/aromatic N) is 2. The minimum absolute atomic E-state index is 0.0826. The fourth-order valence-electron chi connectivity index (χ4n) is 2.73. The zero-order valence-corrected chi connectivity index (χ0v) is 19.1. The van der Waals surface area contributed by atoms with Gasteiger partial charge in [-0.25, -0.2) is 9.97 Å². The van der Waals surface area contributed by atoms with Gasteiger partial charge in [-0.3, -0.25) is 14.9 Å². The third-order valence-electron chi connectivity index (χ3n) is 4.12. The number of methoxy groups -OCH3 is 1. The highest BCUT2D eigenvalue weighted by molar-refractivity contribution is 7.99. The summed E-state index contributed by atoms with van der Waals surface area (Å²) in [7, 11) is 1.33. The Hall–Kier alpha value is -2.91. The molecule has 2 heterocycles. The van der Waals surface area contributed by atoms with Crippen molar-refractivity contribution in [3.8, 4) is 5.75 Å². The van der Waals surface area contributed by atoms with Gasteiger partial charge in [-0.2, -0.15) is 0 Å². The molecule has 3 rings (SSSR count). The van der Waals surface area contributed by atoms with Crippen molar-refractivity contribution in [3.05, 3.63) is 64.8 Å². The summed E-state index contributed by atoms with van der Waals surface area (Å²) in [6.07, 6.45) is 2.28. The Morgan fingerprint density at radius 2 is 2.00 bits per heavy atom. The van der Waals surface area contributed by atoms with Crippen LogP contribution in [0.4, 0.5) is 5.13 Å². The lowest BCUT2D eigenvalue weighted by Gasteiger charge is -2.16. The number of aromatic nitrogens is 2. The second-order valence-electron chi connectivity index (χ2n) is 6.74. The number of anilines is 1. The highest BCUT2D eigenvalue weighted by Crippen LogP contribution is 2.25. The normalized spacial score (nSPS) is 11.6. The smallest absolute Gasteiger partial charge is 0.316 e. The molecule has 0 bridgehead atoms. The van der Waals surface area contributed by atoms with Crippen molar-refractivity contribution in [2.75, 3.05) is 18.2 Å². The van der Waals surface area contributed by atoms with Gasteiger partial charge in [0.1, 0.15) is 16.5 Å². The van der Waals surface area contributed by atoms with Gasteiger partial charge in [-0.15, -0.1) is 11.3 Å². The first-order valence-electron chi connectivity index (χ1n) is 9.59. The Morgan fingerprint density at radius 1 is 1.23 bits per heavy atom. The van der Waals surface area contributed by atoms with Gasteiger partial charge < -0.3 is 9.47 Å². The Bertz CT molecular complexity index is 1040. The highest BCUT2D eigenvalue weighted by Gasteiger charge is 2.16. The summed E-state index contributed by atoms with van der Waals surface area (Å²) < 4.78 is 10.8. The molecule has 0 aliphatic carbocycles. The molecule has 0 saturated carbocycles. The second-order valence-corrected chi connectivity index (χ2v) is 8.97. The predicted molar refractivity (Wildman–Crippen MR) is 122 cm³/mol. The van der Waals surface area contributed by atoms with Crippen LogP contribution in [0.1, 0.15) is 27.9 Å². The largest absolute Gasteiger partial charge is 0.490 e. The van der Waals surface area contributed by atoms with Gasteiger partial charge in [-0.1, -0.05) is 42.1 Å². The van der Waals surface area contributed by atoms with E-state index in [4.69, 9.17) is 4.74 Å². The van der Waals surface area contributed by atoms with Crippen LogP contribution in [-0.2, 0) is 16.0 Å². The van der Waals surface area contributed by atoms with Gasteiger partial charge in [-0.05, 0) is 19.4 Å². The van der Waals surface area contributed by atoms with E-state index in [2.05, 4.69) is 20.0 Å². The number of thioether (sulfide) groups is 1. The summed E-state index contributed by atoms with van der Waals surface area (Å²) in [5.74, 6) is -0.180. The number of amides is 1. The fraction of sp³-hybridized carbons (Fsp3) is 0.273. The Morgan fingerprint density at radius 3 is 2.68 bits per heavy atom. The van der Waals surface area contributed by atoms with Crippen LogP contribution >= 0.6 is 23.1 Å². The van der Waals surface area contributed by atoms with E-state index in [0.29, 0.717) is 22.3 Å². The average Bonchev–Trinajstić information content (AvgIpc) is 3.16. The monoisotopic (exact) mass is 457 g/mol. The first kappa shape index (κ1) is 22.8. The van der Waals surface area contributed by atoms with E-state index in [9.17, 15) is 9.59 Å². The first-order valence-corrected chi connectivity index (χ1v) is 11.4. The molecule has 31 heavy (non-hydrogen) atoms. The van der Waals surface area contributed by atoms with Crippen LogP contribution in [-0.4, -0.2) is 40.8 Å². The molecule has 1 amide bonds. The van der Waals surface area contributed by atoms with E-state index in [1.165, 1.54) is 30.2 Å². The highest BCUT2D eigenvalue weighted by atomic mass is 32.2. The number of hydrogen-bond donors (Lipinski definition) is 1. The number of hydrogen-bond acceptors (Lipinski definition) is 8. The summed E-state index contributed by atoms with van der Waals surface area (Å²) >= 11 is 2.56. The number of pyridine rings is 1. The van der Waals surface area contributed by atoms with Crippen molar-refractivity contribution >= 4 is 40.1 Å². The van der Waals surface area contributed by atoms with Gasteiger partial charge >= 0.3 is 5.97 Å². The number of thiazole rings is 1. The lowest BCUT2D eigenvalue weighted by Crippen LogP contribution is -2.17. The number of esters is 1. The van der Waals surface area contributed by atoms with E-state index in [1.54, 1.807) is 18.3 Å². The van der Waals surface area contributed by atoms with Gasteiger partial charge in [0, 0.05) is 29.6 Å². The average molecular weight is 458 g/mol. The van der Waals surface area contributed by atoms with Crippen LogP contribution in [0.25, 0.3) is 0 Å². The van der Waals surface area contributed by atoms with E-state index in [-0.39, 0.29) is 23.5 Å². The van der Waals surface area contributed by atoms with Gasteiger partial charge in [0.25, 0.3) is 5.91 Å². The Labute approximate surface area is 189 Å². The van der Waals surface area contributed by atoms with Crippen LogP contribution in [0.15, 0.2) is 53.7 Å². The van der Waals surface area contributed by atoms with E-state index in [0.717, 1.165) is 10.4 Å². The Kier molecular flexibility index (Phi) is 8.02. The fourth-order valence-corrected chi connectivity index (χ4v) is 4.13. The molecule has 162 valence electrons. The zero-order chi connectivity index (χ0) is 22.2. The molecule has 0 spiro atoms. The van der Waals surface area contributed by atoms with Crippen molar-refractivity contribution in [3.63, 3.8) is 0 Å². The molecule has 1 N–H and O–H groups in total. The second kappa shape index (κ2) is 10.9. The third-order valence-corrected chi connectivity index (χ3v) is 5.83. The standard InChI is InChI=1S/C22H23N3O4S2/c1-14(9-16-7-5-4-6-8-16)29-17-10-18(21(27)25-22-23-12-15(2)31-22)24-19(11-17)30-13-20(26)28-3/h4-8,10-12,14H,9,13H2,1-3H3,(H,23,25,27)/t14-/m0/s1. The van der Waals surface area contributed by atoms with E-state index in [1.807, 2.05) is 44.2 Å². The summed E-state index contributed by atoms with van der Waals surface area (Å²) in [5.41, 5.74) is 1.34. The molecule has 9 heteroatoms. The van der Waals surface area contributed by atoms with E-state index < -0.39 is 5.91 Å². The molecule has 7 nitrogen and oxygen atoms in total. The molecule has 0 aliphatic heterocycles. The number of aryl methyl sites for hydroxylation is 1. The molecule has 2 aromatic heterocycles. The summed E-state index contributed by atoms with van der Waals surface area (Å²) in [5, 5.41) is 3.74. The van der Waals surface area contributed by atoms with Crippen LogP contribution in [0, 0.1) is 6.92 Å². The number of nitrogens with one attached hydrogen (secondary N) is 1. The number of benzene rings is 1. The molecule has 0 radical (unpaired) electrons. The van der Waals surface area contributed by atoms with Crippen molar-refractivity contribution in [1.29, 1.82) is 0 Å². The van der Waals surface area contributed by atoms with Crippen molar-refractivity contribution in [1.82, 2.24) is 9.97 Å². The van der Waals surface area contributed by atoms with Crippen LogP contribution < -0.4 is 10.1 Å². The Balaban J connectivity index is 1.78. The molecule has 0 aliphatic rings. The maximum absolute atomic E-state index is 12.7. The summed E-state index contributed by atoms with van der Waals surface area (Å²) in [4.78, 5) is 33.8. The molecule has 0 unspecified atom stereocenters. The minimum Gasteiger partial charge on any atom is -0.490 e. The maximum atomic E-state index is 12.7. The predicted octanol–water partition coefficient (Wildman–Crippen LogP) is 4.37. The SMILES string of the molecule is COC(=O)CSc1cc(O[C@@H](C)Cc2ccccc2)cc(C(=O)Nc2ncc(C)s2)n1. The lowest BCUT2D eigenvalue weighted by molar-refractivity contribution is -0.137. The topological polar surface area (TPSA) is 90.4 Å². The van der Waals surface area contributed by atoms with Crippen molar-refractivity contribution in [2.45, 2.75) is 31.4 Å². The molecule has 0 fully saturated rings. The number of ether oxygens (including phenoxy) is 2. The van der Waals surface area contributed by atoms with Gasteiger partial charge in [0.2, 0.25) is 0 Å². The summed E-state index contributed by atoms with van der Waals surface area (Å²) in [6, 6.07) is 13.3. The molecular formula is C22H23N3O4S2. The van der Waals surface area contributed by atoms with Crippen LogP contribution in [0.3, 0.4) is 0 Å². The van der Waals surface area contributed by atoms with Gasteiger partial charge in [0.05, 0.1) is 19.0 Å². The third kappa shape index (κ3) is 7.08.